The standard InChI is InChI=1S/C16H21N3O2S/c1-14-16(22(20,21)19-10-6-3-7-11-19)13-18(17-14)12-15-8-4-2-5-9-15/h2,4-5,8-9,13H,3,6-7,10-12H2,1H3. The number of sulfonamides is 1. The second kappa shape index (κ2) is 6.22. The van der Waals surface area contributed by atoms with E-state index in [2.05, 4.69) is 5.10 Å². The Labute approximate surface area is 131 Å². The summed E-state index contributed by atoms with van der Waals surface area (Å²) in [4.78, 5) is 0.338. The summed E-state index contributed by atoms with van der Waals surface area (Å²) in [5.41, 5.74) is 1.67. The van der Waals surface area contributed by atoms with Crippen molar-refractivity contribution in [1.82, 2.24) is 14.1 Å². The van der Waals surface area contributed by atoms with Crippen LogP contribution in [0.4, 0.5) is 0 Å². The first-order chi connectivity index (χ1) is 10.6. The number of aromatic nitrogens is 2. The fourth-order valence-corrected chi connectivity index (χ4v) is 4.53. The SMILES string of the molecule is Cc1nn(Cc2ccccc2)cc1S(=O)(=O)N1CCCCC1. The maximum absolute atomic E-state index is 12.7. The molecule has 1 aliphatic rings. The lowest BCUT2D eigenvalue weighted by molar-refractivity contribution is 0.346. The van der Waals surface area contributed by atoms with Crippen molar-refractivity contribution in [2.45, 2.75) is 37.6 Å². The molecule has 0 amide bonds. The summed E-state index contributed by atoms with van der Waals surface area (Å²) < 4.78 is 28.8. The summed E-state index contributed by atoms with van der Waals surface area (Å²) in [5.74, 6) is 0. The summed E-state index contributed by atoms with van der Waals surface area (Å²) in [6, 6.07) is 9.92. The predicted molar refractivity (Wildman–Crippen MR) is 85.1 cm³/mol. The molecule has 2 heterocycles. The second-order valence-corrected chi connectivity index (χ2v) is 7.63. The van der Waals surface area contributed by atoms with Crippen molar-refractivity contribution in [3.05, 3.63) is 47.8 Å². The lowest BCUT2D eigenvalue weighted by atomic mass is 10.2. The molecule has 0 saturated carbocycles. The summed E-state index contributed by atoms with van der Waals surface area (Å²) in [5, 5.41) is 4.38. The van der Waals surface area contributed by atoms with Gasteiger partial charge in [0.1, 0.15) is 4.90 Å². The van der Waals surface area contributed by atoms with E-state index in [9.17, 15) is 8.42 Å². The Kier molecular flexibility index (Phi) is 4.31. The smallest absolute Gasteiger partial charge is 0.246 e. The number of nitrogens with zero attached hydrogens (tertiary/aromatic N) is 3. The van der Waals surface area contributed by atoms with Crippen LogP contribution in [0.5, 0.6) is 0 Å². The van der Waals surface area contributed by atoms with Gasteiger partial charge in [-0.1, -0.05) is 36.8 Å². The van der Waals surface area contributed by atoms with Crippen molar-refractivity contribution in [3.63, 3.8) is 0 Å². The van der Waals surface area contributed by atoms with Crippen molar-refractivity contribution < 1.29 is 8.42 Å². The van der Waals surface area contributed by atoms with Crippen LogP contribution in [0, 0.1) is 6.92 Å². The predicted octanol–water partition coefficient (Wildman–Crippen LogP) is 2.41. The van der Waals surface area contributed by atoms with Crippen LogP contribution in [0.15, 0.2) is 41.4 Å². The van der Waals surface area contributed by atoms with Crippen molar-refractivity contribution in [2.75, 3.05) is 13.1 Å². The first-order valence-corrected chi connectivity index (χ1v) is 9.09. The molecule has 2 aromatic rings. The summed E-state index contributed by atoms with van der Waals surface area (Å²) in [6.45, 7) is 3.58. The molecule has 0 spiro atoms. The Morgan fingerprint density at radius 3 is 2.45 bits per heavy atom. The molecule has 1 aromatic heterocycles. The Balaban J connectivity index is 1.85. The molecule has 6 heteroatoms. The molecule has 0 N–H and O–H groups in total. The van der Waals surface area contributed by atoms with Gasteiger partial charge in [-0.3, -0.25) is 4.68 Å². The number of piperidine rings is 1. The molecule has 118 valence electrons. The first kappa shape index (κ1) is 15.2. The third kappa shape index (κ3) is 3.08. The van der Waals surface area contributed by atoms with E-state index >= 15 is 0 Å². The highest BCUT2D eigenvalue weighted by molar-refractivity contribution is 7.89. The van der Waals surface area contributed by atoms with E-state index in [1.807, 2.05) is 30.3 Å². The molecular formula is C16H21N3O2S. The van der Waals surface area contributed by atoms with Crippen LogP contribution in [-0.2, 0) is 16.6 Å². The van der Waals surface area contributed by atoms with Crippen molar-refractivity contribution >= 4 is 10.0 Å². The van der Waals surface area contributed by atoms with Gasteiger partial charge in [0.15, 0.2) is 0 Å². The number of benzene rings is 1. The zero-order chi connectivity index (χ0) is 15.6. The maximum Gasteiger partial charge on any atom is 0.246 e. The van der Waals surface area contributed by atoms with E-state index in [4.69, 9.17) is 0 Å². The van der Waals surface area contributed by atoms with Crippen LogP contribution in [0.25, 0.3) is 0 Å². The minimum Gasteiger partial charge on any atom is -0.267 e. The van der Waals surface area contributed by atoms with Gasteiger partial charge in [0.2, 0.25) is 10.0 Å². The molecule has 0 aliphatic carbocycles. The molecule has 3 rings (SSSR count). The molecule has 0 unspecified atom stereocenters. The van der Waals surface area contributed by atoms with E-state index in [1.165, 1.54) is 0 Å². The highest BCUT2D eigenvalue weighted by atomic mass is 32.2. The van der Waals surface area contributed by atoms with Crippen molar-refractivity contribution in [2.24, 2.45) is 0 Å². The minimum absolute atomic E-state index is 0.338. The Bertz CT molecular complexity index is 732. The van der Waals surface area contributed by atoms with Gasteiger partial charge >= 0.3 is 0 Å². The summed E-state index contributed by atoms with van der Waals surface area (Å²) in [7, 11) is -3.41. The molecule has 1 aromatic carbocycles. The minimum atomic E-state index is -3.41. The zero-order valence-corrected chi connectivity index (χ0v) is 13.6. The van der Waals surface area contributed by atoms with Gasteiger partial charge in [-0.2, -0.15) is 9.40 Å². The third-order valence-electron chi connectivity index (χ3n) is 4.02. The normalized spacial score (nSPS) is 16.8. The van der Waals surface area contributed by atoms with Crippen molar-refractivity contribution in [1.29, 1.82) is 0 Å². The van der Waals surface area contributed by atoms with E-state index in [1.54, 1.807) is 22.1 Å². The van der Waals surface area contributed by atoms with Gasteiger partial charge in [-0.05, 0) is 25.3 Å². The third-order valence-corrected chi connectivity index (χ3v) is 6.02. The topological polar surface area (TPSA) is 55.2 Å². The van der Waals surface area contributed by atoms with E-state index in [0.717, 1.165) is 24.8 Å². The molecule has 1 fully saturated rings. The summed E-state index contributed by atoms with van der Waals surface area (Å²) in [6.07, 6.45) is 4.65. The molecule has 5 nitrogen and oxygen atoms in total. The highest BCUT2D eigenvalue weighted by Gasteiger charge is 2.29. The zero-order valence-electron chi connectivity index (χ0n) is 12.8. The Hall–Kier alpha value is -1.66. The fraction of sp³-hybridized carbons (Fsp3) is 0.438. The van der Waals surface area contributed by atoms with E-state index < -0.39 is 10.0 Å². The monoisotopic (exact) mass is 319 g/mol. The number of hydrogen-bond donors (Lipinski definition) is 0. The van der Waals surface area contributed by atoms with E-state index in [-0.39, 0.29) is 0 Å². The largest absolute Gasteiger partial charge is 0.267 e. The fourth-order valence-electron chi connectivity index (χ4n) is 2.85. The molecule has 22 heavy (non-hydrogen) atoms. The Morgan fingerprint density at radius 1 is 1.09 bits per heavy atom. The number of aryl methyl sites for hydroxylation is 1. The quantitative estimate of drug-likeness (QED) is 0.869. The van der Waals surface area contributed by atoms with Gasteiger partial charge in [-0.15, -0.1) is 0 Å². The molecule has 1 saturated heterocycles. The van der Waals surface area contributed by atoms with Crippen LogP contribution in [0.1, 0.15) is 30.5 Å². The lowest BCUT2D eigenvalue weighted by Crippen LogP contribution is -2.35. The van der Waals surface area contributed by atoms with Gasteiger partial charge < -0.3 is 0 Å². The summed E-state index contributed by atoms with van der Waals surface area (Å²) >= 11 is 0. The van der Waals surface area contributed by atoms with Gasteiger partial charge in [0, 0.05) is 19.3 Å². The van der Waals surface area contributed by atoms with Crippen LogP contribution in [0.2, 0.25) is 0 Å². The van der Waals surface area contributed by atoms with Crippen LogP contribution in [0.3, 0.4) is 0 Å². The number of rotatable bonds is 4. The van der Waals surface area contributed by atoms with E-state index in [0.29, 0.717) is 30.2 Å². The molecule has 0 bridgehead atoms. The Morgan fingerprint density at radius 2 is 1.77 bits per heavy atom. The maximum atomic E-state index is 12.7. The van der Waals surface area contributed by atoms with Crippen LogP contribution in [-0.4, -0.2) is 35.6 Å². The second-order valence-electron chi connectivity index (χ2n) is 5.73. The number of hydrogen-bond acceptors (Lipinski definition) is 3. The molecule has 0 atom stereocenters. The average molecular weight is 319 g/mol. The lowest BCUT2D eigenvalue weighted by Gasteiger charge is -2.25. The van der Waals surface area contributed by atoms with Crippen molar-refractivity contribution in [3.8, 4) is 0 Å². The van der Waals surface area contributed by atoms with Gasteiger partial charge in [0.05, 0.1) is 12.2 Å². The highest BCUT2D eigenvalue weighted by Crippen LogP contribution is 2.22. The molecular weight excluding hydrogens is 298 g/mol. The molecule has 0 radical (unpaired) electrons. The molecule has 1 aliphatic heterocycles. The average Bonchev–Trinajstić information content (AvgIpc) is 2.90. The van der Waals surface area contributed by atoms with Crippen LogP contribution >= 0.6 is 0 Å². The first-order valence-electron chi connectivity index (χ1n) is 7.65. The van der Waals surface area contributed by atoms with Gasteiger partial charge in [0.25, 0.3) is 0 Å². The van der Waals surface area contributed by atoms with Gasteiger partial charge in [-0.25, -0.2) is 8.42 Å². The van der Waals surface area contributed by atoms with Crippen LogP contribution < -0.4 is 0 Å².